The zero-order valence-electron chi connectivity index (χ0n) is 15.1. The van der Waals surface area contributed by atoms with Crippen LogP contribution in [-0.2, 0) is 9.53 Å². The molecule has 0 fully saturated rings. The second-order valence-electron chi connectivity index (χ2n) is 5.25. The molecule has 2 rings (SSSR count). The summed E-state index contributed by atoms with van der Waals surface area (Å²) in [7, 11) is 4.22. The van der Waals surface area contributed by atoms with Gasteiger partial charge in [0.2, 0.25) is 5.75 Å². The number of benzene rings is 2. The zero-order valence-corrected chi connectivity index (χ0v) is 17.4. The number of halogens is 3. The number of hydrogen-bond donors (Lipinski definition) is 1. The molecule has 0 saturated heterocycles. The third kappa shape index (κ3) is 4.92. The Hall–Kier alpha value is -2.35. The van der Waals surface area contributed by atoms with E-state index in [0.717, 1.165) is 0 Å². The first kappa shape index (κ1) is 21.9. The fourth-order valence-corrected chi connectivity index (χ4v) is 3.22. The lowest BCUT2D eigenvalue weighted by Gasteiger charge is -2.15. The van der Waals surface area contributed by atoms with E-state index in [1.807, 2.05) is 0 Å². The molecule has 2 aromatic rings. The highest BCUT2D eigenvalue weighted by atomic mass is 35.5. The molecule has 150 valence electrons. The Balaban J connectivity index is 2.11. The summed E-state index contributed by atoms with van der Waals surface area (Å²) in [5.41, 5.74) is 0.230. The van der Waals surface area contributed by atoms with E-state index in [1.165, 1.54) is 45.6 Å². The van der Waals surface area contributed by atoms with Crippen LogP contribution >= 0.6 is 34.8 Å². The van der Waals surface area contributed by atoms with Gasteiger partial charge in [-0.15, -0.1) is 0 Å². The Morgan fingerprint density at radius 3 is 2.07 bits per heavy atom. The lowest BCUT2D eigenvalue weighted by atomic mass is 10.1. The molecule has 28 heavy (non-hydrogen) atoms. The number of rotatable bonds is 7. The Kier molecular flexibility index (Phi) is 7.62. The molecular weight excluding hydrogens is 433 g/mol. The summed E-state index contributed by atoms with van der Waals surface area (Å²) >= 11 is 17.8. The van der Waals surface area contributed by atoms with Gasteiger partial charge in [0.05, 0.1) is 37.1 Å². The molecule has 10 heteroatoms. The van der Waals surface area contributed by atoms with Crippen molar-refractivity contribution in [1.29, 1.82) is 0 Å². The summed E-state index contributed by atoms with van der Waals surface area (Å²) in [6.45, 7) is -0.578. The molecule has 0 aliphatic heterocycles. The summed E-state index contributed by atoms with van der Waals surface area (Å²) in [5.74, 6) is -0.708. The fraction of sp³-hybridized carbons (Fsp3) is 0.222. The van der Waals surface area contributed by atoms with Gasteiger partial charge in [0.25, 0.3) is 5.91 Å². The monoisotopic (exact) mass is 447 g/mol. The molecule has 1 N–H and O–H groups in total. The summed E-state index contributed by atoms with van der Waals surface area (Å²) < 4.78 is 20.6. The normalized spacial score (nSPS) is 10.2. The highest BCUT2D eigenvalue weighted by molar-refractivity contribution is 6.42. The Bertz CT molecular complexity index is 880. The topological polar surface area (TPSA) is 83.1 Å². The van der Waals surface area contributed by atoms with Gasteiger partial charge in [-0.1, -0.05) is 34.8 Å². The van der Waals surface area contributed by atoms with Crippen molar-refractivity contribution in [2.75, 3.05) is 33.3 Å². The molecule has 0 radical (unpaired) electrons. The first-order valence-electron chi connectivity index (χ1n) is 7.72. The molecule has 0 unspecified atom stereocenters. The van der Waals surface area contributed by atoms with E-state index in [1.54, 1.807) is 0 Å². The van der Waals surface area contributed by atoms with Gasteiger partial charge in [-0.05, 0) is 24.3 Å². The predicted molar refractivity (Wildman–Crippen MR) is 106 cm³/mol. The van der Waals surface area contributed by atoms with Crippen molar-refractivity contribution in [2.24, 2.45) is 0 Å². The summed E-state index contributed by atoms with van der Waals surface area (Å²) in [6, 6.07) is 5.80. The maximum absolute atomic E-state index is 12.4. The number of methoxy groups -OCH3 is 3. The van der Waals surface area contributed by atoms with Crippen LogP contribution in [0.25, 0.3) is 0 Å². The van der Waals surface area contributed by atoms with Crippen molar-refractivity contribution in [2.45, 2.75) is 0 Å². The van der Waals surface area contributed by atoms with Crippen molar-refractivity contribution in [1.82, 2.24) is 0 Å². The summed E-state index contributed by atoms with van der Waals surface area (Å²) in [5, 5.41) is 3.09. The highest BCUT2D eigenvalue weighted by Crippen LogP contribution is 2.40. The van der Waals surface area contributed by atoms with Crippen LogP contribution in [0.3, 0.4) is 0 Å². The molecule has 0 saturated carbocycles. The molecule has 0 heterocycles. The van der Waals surface area contributed by atoms with Crippen LogP contribution in [0.15, 0.2) is 24.3 Å². The van der Waals surface area contributed by atoms with Gasteiger partial charge >= 0.3 is 5.97 Å². The predicted octanol–water partition coefficient (Wildman–Crippen LogP) is 4.47. The fourth-order valence-electron chi connectivity index (χ4n) is 2.31. The van der Waals surface area contributed by atoms with E-state index < -0.39 is 18.5 Å². The van der Waals surface area contributed by atoms with Gasteiger partial charge in [-0.3, -0.25) is 4.79 Å². The number of carbonyl (C=O) groups excluding carboxylic acids is 2. The van der Waals surface area contributed by atoms with E-state index in [-0.39, 0.29) is 32.8 Å². The second kappa shape index (κ2) is 9.73. The van der Waals surface area contributed by atoms with Gasteiger partial charge < -0.3 is 24.3 Å². The van der Waals surface area contributed by atoms with Gasteiger partial charge in [0.1, 0.15) is 5.56 Å². The summed E-state index contributed by atoms with van der Waals surface area (Å²) in [4.78, 5) is 24.5. The lowest BCUT2D eigenvalue weighted by molar-refractivity contribution is -0.119. The quantitative estimate of drug-likeness (QED) is 0.629. The Labute approximate surface area is 176 Å². The number of nitrogens with one attached hydrogen (secondary N) is 1. The van der Waals surface area contributed by atoms with Gasteiger partial charge in [-0.2, -0.15) is 0 Å². The molecule has 0 aromatic heterocycles. The largest absolute Gasteiger partial charge is 0.493 e. The first-order valence-corrected chi connectivity index (χ1v) is 8.86. The number of carbonyl (C=O) groups is 2. The number of hydrogen-bond acceptors (Lipinski definition) is 6. The van der Waals surface area contributed by atoms with Crippen LogP contribution in [0.1, 0.15) is 10.4 Å². The molecule has 0 bridgehead atoms. The minimum absolute atomic E-state index is 0.0653. The molecule has 0 atom stereocenters. The molecule has 0 aliphatic rings. The van der Waals surface area contributed by atoms with E-state index >= 15 is 0 Å². The zero-order chi connectivity index (χ0) is 20.8. The second-order valence-corrected chi connectivity index (χ2v) is 6.50. The highest BCUT2D eigenvalue weighted by Gasteiger charge is 2.22. The standard InChI is InChI=1S/C18H16Cl3NO6/c1-25-13-5-4-10(16(26-2)17(13)27-3)18(24)28-8-14(23)22-15-11(20)6-9(19)7-12(15)21/h4-7H,8H2,1-3H3,(H,22,23). The summed E-state index contributed by atoms with van der Waals surface area (Å²) in [6.07, 6.45) is 0. The molecule has 1 amide bonds. The van der Waals surface area contributed by atoms with Crippen molar-refractivity contribution < 1.29 is 28.5 Å². The van der Waals surface area contributed by atoms with E-state index in [0.29, 0.717) is 10.8 Å². The van der Waals surface area contributed by atoms with Gasteiger partial charge in [-0.25, -0.2) is 4.79 Å². The molecule has 0 aliphatic carbocycles. The molecule has 2 aromatic carbocycles. The molecular formula is C18H16Cl3NO6. The first-order chi connectivity index (χ1) is 13.3. The van der Waals surface area contributed by atoms with E-state index in [9.17, 15) is 9.59 Å². The van der Waals surface area contributed by atoms with Crippen LogP contribution in [0, 0.1) is 0 Å². The van der Waals surface area contributed by atoms with Crippen LogP contribution in [0.2, 0.25) is 15.1 Å². The third-order valence-corrected chi connectivity index (χ3v) is 4.34. The minimum atomic E-state index is -0.791. The van der Waals surface area contributed by atoms with Crippen molar-refractivity contribution >= 4 is 52.4 Å². The number of esters is 1. The Morgan fingerprint density at radius 1 is 0.929 bits per heavy atom. The minimum Gasteiger partial charge on any atom is -0.493 e. The van der Waals surface area contributed by atoms with Crippen LogP contribution in [0.4, 0.5) is 5.69 Å². The third-order valence-electron chi connectivity index (χ3n) is 3.53. The lowest BCUT2D eigenvalue weighted by Crippen LogP contribution is -2.21. The SMILES string of the molecule is COc1ccc(C(=O)OCC(=O)Nc2c(Cl)cc(Cl)cc2Cl)c(OC)c1OC. The maximum atomic E-state index is 12.4. The number of ether oxygens (including phenoxy) is 4. The number of anilines is 1. The van der Waals surface area contributed by atoms with E-state index in [2.05, 4.69) is 5.32 Å². The smallest absolute Gasteiger partial charge is 0.342 e. The van der Waals surface area contributed by atoms with Gasteiger partial charge in [0.15, 0.2) is 18.1 Å². The maximum Gasteiger partial charge on any atom is 0.342 e. The van der Waals surface area contributed by atoms with Crippen LogP contribution < -0.4 is 19.5 Å². The van der Waals surface area contributed by atoms with Crippen molar-refractivity contribution in [3.8, 4) is 17.2 Å². The van der Waals surface area contributed by atoms with Crippen molar-refractivity contribution in [3.05, 3.63) is 44.9 Å². The average molecular weight is 449 g/mol. The van der Waals surface area contributed by atoms with Gasteiger partial charge in [0, 0.05) is 5.02 Å². The number of amides is 1. The molecule has 0 spiro atoms. The average Bonchev–Trinajstić information content (AvgIpc) is 2.67. The Morgan fingerprint density at radius 2 is 1.54 bits per heavy atom. The van der Waals surface area contributed by atoms with Crippen molar-refractivity contribution in [3.63, 3.8) is 0 Å². The van der Waals surface area contributed by atoms with Crippen LogP contribution in [0.5, 0.6) is 17.2 Å². The van der Waals surface area contributed by atoms with Crippen LogP contribution in [-0.4, -0.2) is 39.8 Å². The van der Waals surface area contributed by atoms with E-state index in [4.69, 9.17) is 53.8 Å². The molecule has 7 nitrogen and oxygen atoms in total.